The minimum Gasteiger partial charge on any atom is -0.378 e. The van der Waals surface area contributed by atoms with Crippen molar-refractivity contribution in [3.8, 4) is 33.6 Å². The van der Waals surface area contributed by atoms with Crippen molar-refractivity contribution in [1.29, 1.82) is 0 Å². The lowest BCUT2D eigenvalue weighted by atomic mass is 9.78. The van der Waals surface area contributed by atoms with Gasteiger partial charge in [-0.15, -0.1) is 0 Å². The molecule has 0 aliphatic carbocycles. The van der Waals surface area contributed by atoms with E-state index in [2.05, 4.69) is 144 Å². The second-order valence-corrected chi connectivity index (χ2v) is 10.9. The Balaban J connectivity index is 1.41. The van der Waals surface area contributed by atoms with Gasteiger partial charge < -0.3 is 4.90 Å². The van der Waals surface area contributed by atoms with Gasteiger partial charge in [0.15, 0.2) is 12.4 Å². The highest BCUT2D eigenvalue weighted by atomic mass is 15.1. The summed E-state index contributed by atoms with van der Waals surface area (Å²) in [5, 5.41) is 0. The Morgan fingerprint density at radius 3 is 2.26 bits per heavy atom. The van der Waals surface area contributed by atoms with Gasteiger partial charge in [0.05, 0.1) is 11.5 Å². The summed E-state index contributed by atoms with van der Waals surface area (Å²) in [5.74, 6) is 0.332. The van der Waals surface area contributed by atoms with Gasteiger partial charge in [-0.2, -0.15) is 9.13 Å². The van der Waals surface area contributed by atoms with Crippen molar-refractivity contribution in [2.45, 2.75) is 24.8 Å². The SMILES string of the molecule is C=C1C2C(CCc3ccc(-c4ccc(N(C)C)cc4)cc3-c3cccc[n+]31)c1ccccc1-c1cccc[n+]12. The number of pyridine rings is 2. The van der Waals surface area contributed by atoms with E-state index in [1.807, 2.05) is 0 Å². The van der Waals surface area contributed by atoms with Gasteiger partial charge in [0, 0.05) is 49.6 Å². The Morgan fingerprint density at radius 1 is 0.718 bits per heavy atom. The van der Waals surface area contributed by atoms with Gasteiger partial charge >= 0.3 is 0 Å². The highest BCUT2D eigenvalue weighted by Gasteiger charge is 2.46. The first-order chi connectivity index (χ1) is 19.1. The molecule has 0 saturated carbocycles. The molecule has 0 saturated heterocycles. The fourth-order valence-corrected chi connectivity index (χ4v) is 6.58. The van der Waals surface area contributed by atoms with Crippen LogP contribution in [0, 0.1) is 0 Å². The summed E-state index contributed by atoms with van der Waals surface area (Å²) in [5.41, 5.74) is 12.7. The molecule has 0 fully saturated rings. The fraction of sp³-hybridized carbons (Fsp3) is 0.167. The minimum atomic E-state index is 0.134. The molecular formula is C36H33N3+2. The predicted molar refractivity (Wildman–Crippen MR) is 159 cm³/mol. The number of fused-ring (bicyclic) bond motifs is 9. The molecule has 0 bridgehead atoms. The second kappa shape index (κ2) is 9.36. The van der Waals surface area contributed by atoms with Crippen molar-refractivity contribution in [1.82, 2.24) is 0 Å². The maximum atomic E-state index is 4.77. The molecule has 4 heterocycles. The van der Waals surface area contributed by atoms with E-state index in [0.717, 1.165) is 18.5 Å². The summed E-state index contributed by atoms with van der Waals surface area (Å²) >= 11 is 0. The maximum absolute atomic E-state index is 4.77. The van der Waals surface area contributed by atoms with Crippen LogP contribution in [0.15, 0.2) is 122 Å². The molecular weight excluding hydrogens is 474 g/mol. The van der Waals surface area contributed by atoms with Gasteiger partial charge in [-0.3, -0.25) is 0 Å². The minimum absolute atomic E-state index is 0.134. The summed E-state index contributed by atoms with van der Waals surface area (Å²) in [4.78, 5) is 2.14. The summed E-state index contributed by atoms with van der Waals surface area (Å²) < 4.78 is 4.78. The molecule has 3 nitrogen and oxygen atoms in total. The van der Waals surface area contributed by atoms with E-state index in [4.69, 9.17) is 6.58 Å². The lowest BCUT2D eigenvalue weighted by molar-refractivity contribution is -0.727. The number of hydrogen-bond acceptors (Lipinski definition) is 1. The number of aromatic nitrogens is 2. The van der Waals surface area contributed by atoms with Crippen LogP contribution >= 0.6 is 0 Å². The molecule has 5 aromatic rings. The van der Waals surface area contributed by atoms with E-state index >= 15 is 0 Å². The van der Waals surface area contributed by atoms with E-state index in [1.54, 1.807) is 0 Å². The van der Waals surface area contributed by atoms with Crippen molar-refractivity contribution in [2.24, 2.45) is 0 Å². The summed E-state index contributed by atoms with van der Waals surface area (Å²) in [7, 11) is 4.16. The number of allylic oxidation sites excluding steroid dienone is 1. The zero-order chi connectivity index (χ0) is 26.5. The van der Waals surface area contributed by atoms with E-state index in [1.165, 1.54) is 50.5 Å². The molecule has 7 rings (SSSR count). The number of hydrogen-bond donors (Lipinski definition) is 0. The smallest absolute Gasteiger partial charge is 0.249 e. The first kappa shape index (κ1) is 23.6. The molecule has 39 heavy (non-hydrogen) atoms. The Bertz CT molecular complexity index is 1710. The van der Waals surface area contributed by atoms with Gasteiger partial charge in [0.1, 0.15) is 0 Å². The zero-order valence-corrected chi connectivity index (χ0v) is 22.6. The van der Waals surface area contributed by atoms with Gasteiger partial charge in [-0.1, -0.05) is 42.5 Å². The molecule has 0 N–H and O–H groups in total. The molecule has 0 radical (unpaired) electrons. The normalized spacial score (nSPS) is 17.3. The van der Waals surface area contributed by atoms with Crippen molar-refractivity contribution < 1.29 is 9.13 Å². The highest BCUT2D eigenvalue weighted by molar-refractivity contribution is 5.75. The first-order valence-corrected chi connectivity index (χ1v) is 13.8. The van der Waals surface area contributed by atoms with Gasteiger partial charge in [0.25, 0.3) is 0 Å². The number of aryl methyl sites for hydroxylation is 1. The van der Waals surface area contributed by atoms with Crippen LogP contribution < -0.4 is 14.0 Å². The van der Waals surface area contributed by atoms with Crippen LogP contribution in [0.5, 0.6) is 0 Å². The third-order valence-electron chi connectivity index (χ3n) is 8.55. The third kappa shape index (κ3) is 3.88. The van der Waals surface area contributed by atoms with Gasteiger partial charge in [-0.25, -0.2) is 0 Å². The Kier molecular flexibility index (Phi) is 5.66. The average molecular weight is 508 g/mol. The van der Waals surface area contributed by atoms with E-state index in [9.17, 15) is 0 Å². The number of anilines is 1. The van der Waals surface area contributed by atoms with Gasteiger partial charge in [0.2, 0.25) is 23.1 Å². The van der Waals surface area contributed by atoms with Crippen molar-refractivity contribution in [3.63, 3.8) is 0 Å². The monoisotopic (exact) mass is 507 g/mol. The third-order valence-corrected chi connectivity index (χ3v) is 8.55. The lowest BCUT2D eigenvalue weighted by Gasteiger charge is -2.29. The Hall–Kier alpha value is -4.50. The Labute approximate surface area is 230 Å². The van der Waals surface area contributed by atoms with Crippen LogP contribution in [0.3, 0.4) is 0 Å². The lowest BCUT2D eigenvalue weighted by Crippen LogP contribution is -2.53. The molecule has 0 amide bonds. The maximum Gasteiger partial charge on any atom is 0.249 e. The first-order valence-electron chi connectivity index (χ1n) is 13.8. The second-order valence-electron chi connectivity index (χ2n) is 10.9. The predicted octanol–water partition coefficient (Wildman–Crippen LogP) is 7.08. The number of rotatable bonds is 2. The van der Waals surface area contributed by atoms with E-state index in [-0.39, 0.29) is 6.04 Å². The standard InChI is InChI=1S/C36H33N3/c1-25-36-32(30-10-4-5-11-31(30)34-12-7-9-23-39(34)36)21-18-27-14-15-28(26-16-19-29(20-17-26)37(2)3)24-33(27)35-13-6-8-22-38(25)35/h4-17,19-20,22-24,32,36H,1,18,21H2,2-3H3/q+2. The fourth-order valence-electron chi connectivity index (χ4n) is 6.58. The van der Waals surface area contributed by atoms with Crippen LogP contribution in [0.4, 0.5) is 5.69 Å². The number of nitrogens with zero attached hydrogens (tertiary/aromatic N) is 3. The van der Waals surface area contributed by atoms with Crippen molar-refractivity contribution >= 4 is 11.4 Å². The molecule has 2 aliphatic rings. The van der Waals surface area contributed by atoms with E-state index in [0.29, 0.717) is 5.92 Å². The topological polar surface area (TPSA) is 11.0 Å². The molecule has 2 aliphatic heterocycles. The summed E-state index contributed by atoms with van der Waals surface area (Å²) in [6.45, 7) is 4.77. The molecule has 190 valence electrons. The largest absolute Gasteiger partial charge is 0.378 e. The van der Waals surface area contributed by atoms with Crippen LogP contribution in [0.1, 0.15) is 29.5 Å². The molecule has 0 spiro atoms. The van der Waals surface area contributed by atoms with Crippen molar-refractivity contribution in [3.05, 3.63) is 133 Å². The average Bonchev–Trinajstić information content (AvgIpc) is 3.04. The van der Waals surface area contributed by atoms with Gasteiger partial charge in [-0.05, 0) is 78.1 Å². The van der Waals surface area contributed by atoms with Crippen LogP contribution in [-0.2, 0) is 6.42 Å². The molecule has 3 aromatic carbocycles. The molecule has 2 atom stereocenters. The number of benzene rings is 3. The van der Waals surface area contributed by atoms with Crippen LogP contribution in [0.2, 0.25) is 0 Å². The molecule has 3 heteroatoms. The van der Waals surface area contributed by atoms with Crippen LogP contribution in [0.25, 0.3) is 39.3 Å². The van der Waals surface area contributed by atoms with Crippen LogP contribution in [-0.4, -0.2) is 14.1 Å². The van der Waals surface area contributed by atoms with Crippen molar-refractivity contribution in [2.75, 3.05) is 19.0 Å². The highest BCUT2D eigenvalue weighted by Crippen LogP contribution is 2.44. The summed E-state index contributed by atoms with van der Waals surface area (Å²) in [6, 6.07) is 38.0. The quantitative estimate of drug-likeness (QED) is 0.232. The molecule has 2 aromatic heterocycles. The summed E-state index contributed by atoms with van der Waals surface area (Å²) in [6.07, 6.45) is 6.49. The zero-order valence-electron chi connectivity index (χ0n) is 22.6. The molecule has 2 unspecified atom stereocenters. The Morgan fingerprint density at radius 2 is 1.44 bits per heavy atom. The van der Waals surface area contributed by atoms with E-state index < -0.39 is 0 Å².